The van der Waals surface area contributed by atoms with Crippen LogP contribution in [0.4, 0.5) is 0 Å². The van der Waals surface area contributed by atoms with Crippen LogP contribution in [0, 0.1) is 6.92 Å². The molecule has 0 radical (unpaired) electrons. The van der Waals surface area contributed by atoms with E-state index in [4.69, 9.17) is 4.74 Å². The normalized spacial score (nSPS) is 10.4. The molecule has 72 valence electrons. The van der Waals surface area contributed by atoms with Crippen LogP contribution < -0.4 is 10.2 Å². The first kappa shape index (κ1) is 9.50. The van der Waals surface area contributed by atoms with Gasteiger partial charge in [0.2, 0.25) is 0 Å². The van der Waals surface area contributed by atoms with E-state index in [0.29, 0.717) is 14.5 Å². The summed E-state index contributed by atoms with van der Waals surface area (Å²) in [6.07, 6.45) is 0. The monoisotopic (exact) mass is 254 g/mol. The van der Waals surface area contributed by atoms with E-state index in [1.165, 1.54) is 4.44 Å². The Morgan fingerprint density at radius 2 is 2.07 bits per heavy atom. The van der Waals surface area contributed by atoms with Gasteiger partial charge in [0.05, 0.1) is 0 Å². The Morgan fingerprint density at radius 1 is 1.29 bits per heavy atom. The molecule has 0 saturated carbocycles. The van der Waals surface area contributed by atoms with Gasteiger partial charge in [0.25, 0.3) is 0 Å². The van der Waals surface area contributed by atoms with Crippen molar-refractivity contribution in [3.05, 3.63) is 38.9 Å². The summed E-state index contributed by atoms with van der Waals surface area (Å²) in [7, 11) is 1.61. The molecule has 0 bridgehead atoms. The third-order valence-corrected chi connectivity index (χ3v) is 4.19. The molecule has 1 aromatic heterocycles. The molecular weight excluding hydrogens is 243 g/mol. The van der Waals surface area contributed by atoms with E-state index >= 15 is 0 Å². The van der Waals surface area contributed by atoms with Crippen molar-refractivity contribution in [2.24, 2.45) is 0 Å². The second-order valence-corrected chi connectivity index (χ2v) is 5.79. The summed E-state index contributed by atoms with van der Waals surface area (Å²) in [5.41, 5.74) is 0.101. The average Bonchev–Trinajstić information content (AvgIpc) is 2.17. The number of methoxy groups -OCH3 is 1. The van der Waals surface area contributed by atoms with E-state index in [1.54, 1.807) is 13.2 Å². The van der Waals surface area contributed by atoms with Gasteiger partial charge in [-0.2, -0.15) is 0 Å². The molecule has 1 heterocycles. The molecule has 0 unspecified atom stereocenters. The Labute approximate surface area is 87.9 Å². The van der Waals surface area contributed by atoms with Crippen molar-refractivity contribution in [1.82, 2.24) is 0 Å². The molecule has 0 saturated heterocycles. The van der Waals surface area contributed by atoms with Crippen molar-refractivity contribution in [3.8, 4) is 5.75 Å². The number of hydrogen-bond acceptors (Lipinski definition) is 2. The van der Waals surface area contributed by atoms with Crippen molar-refractivity contribution in [2.45, 2.75) is 6.92 Å². The van der Waals surface area contributed by atoms with Crippen molar-refractivity contribution < 1.29 is 4.74 Å². The Kier molecular flexibility index (Phi) is 2.44. The Bertz CT molecular complexity index is 528. The Hall–Kier alpha value is -1.05. The molecule has 0 aliphatic heterocycles. The van der Waals surface area contributed by atoms with Gasteiger partial charge in [-0.05, 0) is 0 Å². The minimum atomic E-state index is 0.101. The molecule has 0 spiro atoms. The van der Waals surface area contributed by atoms with Gasteiger partial charge >= 0.3 is 87.6 Å². The second kappa shape index (κ2) is 3.60. The van der Waals surface area contributed by atoms with Crippen LogP contribution in [-0.2, 0) is 0 Å². The first-order valence-corrected chi connectivity index (χ1v) is 6.00. The van der Waals surface area contributed by atoms with Gasteiger partial charge in [-0.3, -0.25) is 0 Å². The van der Waals surface area contributed by atoms with Crippen molar-refractivity contribution in [2.75, 3.05) is 7.11 Å². The summed E-state index contributed by atoms with van der Waals surface area (Å²) in [5, 5.41) is 0.801. The standard InChI is InChI=1S/C11H10O2Se/c1-7-5-10(12)9-6-8(13-2)3-4-11(9)14-7/h3-6H,1-2H3. The number of rotatable bonds is 1. The molecule has 14 heavy (non-hydrogen) atoms. The first-order valence-electron chi connectivity index (χ1n) is 4.29. The summed E-state index contributed by atoms with van der Waals surface area (Å²) in [4.78, 5) is 11.6. The summed E-state index contributed by atoms with van der Waals surface area (Å²) < 4.78 is 7.43. The van der Waals surface area contributed by atoms with Crippen LogP contribution in [0.5, 0.6) is 5.75 Å². The summed E-state index contributed by atoms with van der Waals surface area (Å²) >= 11 is 0.301. The topological polar surface area (TPSA) is 26.3 Å². The molecule has 2 aromatic rings. The third kappa shape index (κ3) is 1.61. The van der Waals surface area contributed by atoms with E-state index in [1.807, 2.05) is 25.1 Å². The predicted molar refractivity (Wildman–Crippen MR) is 58.4 cm³/mol. The number of fused-ring (bicyclic) bond motifs is 1. The van der Waals surface area contributed by atoms with Crippen LogP contribution in [0.25, 0.3) is 9.65 Å². The fourth-order valence-corrected chi connectivity index (χ4v) is 3.31. The molecular formula is C11H10O2Se. The van der Waals surface area contributed by atoms with Gasteiger partial charge < -0.3 is 0 Å². The molecule has 1 aromatic carbocycles. The van der Waals surface area contributed by atoms with Crippen molar-refractivity contribution in [1.29, 1.82) is 0 Å². The number of benzene rings is 1. The van der Waals surface area contributed by atoms with Gasteiger partial charge in [0.1, 0.15) is 0 Å². The SMILES string of the molecule is COc1ccc2[se]c(C)cc(=O)c2c1. The fraction of sp³-hybridized carbons (Fsp3) is 0.182. The maximum atomic E-state index is 11.6. The van der Waals surface area contributed by atoms with E-state index < -0.39 is 0 Å². The van der Waals surface area contributed by atoms with E-state index in [9.17, 15) is 4.79 Å². The zero-order valence-electron chi connectivity index (χ0n) is 8.03. The van der Waals surface area contributed by atoms with Gasteiger partial charge in [0, 0.05) is 0 Å². The van der Waals surface area contributed by atoms with Gasteiger partial charge in [-0.1, -0.05) is 0 Å². The first-order chi connectivity index (χ1) is 6.70. The molecule has 3 heteroatoms. The second-order valence-electron chi connectivity index (χ2n) is 3.08. The van der Waals surface area contributed by atoms with Crippen LogP contribution in [0.2, 0.25) is 0 Å². The molecule has 0 atom stereocenters. The minimum absolute atomic E-state index is 0.101. The quantitative estimate of drug-likeness (QED) is 0.721. The molecule has 2 nitrogen and oxygen atoms in total. The zero-order chi connectivity index (χ0) is 10.1. The molecule has 0 amide bonds. The van der Waals surface area contributed by atoms with E-state index in [-0.39, 0.29) is 5.43 Å². The van der Waals surface area contributed by atoms with Crippen molar-refractivity contribution >= 4 is 24.1 Å². The predicted octanol–water partition coefficient (Wildman–Crippen LogP) is 1.57. The molecule has 0 aliphatic rings. The molecule has 0 aliphatic carbocycles. The van der Waals surface area contributed by atoms with E-state index in [0.717, 1.165) is 15.4 Å². The van der Waals surface area contributed by atoms with Crippen LogP contribution in [0.15, 0.2) is 29.1 Å². The van der Waals surface area contributed by atoms with Crippen LogP contribution >= 0.6 is 0 Å². The fourth-order valence-electron chi connectivity index (χ4n) is 1.38. The summed E-state index contributed by atoms with van der Waals surface area (Å²) in [6.45, 7) is 2.01. The maximum absolute atomic E-state index is 11.6. The number of ether oxygens (including phenoxy) is 1. The molecule has 0 fully saturated rings. The Morgan fingerprint density at radius 3 is 2.79 bits per heavy atom. The van der Waals surface area contributed by atoms with E-state index in [2.05, 4.69) is 0 Å². The van der Waals surface area contributed by atoms with Crippen LogP contribution in [-0.4, -0.2) is 21.6 Å². The van der Waals surface area contributed by atoms with Crippen LogP contribution in [0.3, 0.4) is 0 Å². The van der Waals surface area contributed by atoms with Gasteiger partial charge in [0.15, 0.2) is 0 Å². The van der Waals surface area contributed by atoms with Gasteiger partial charge in [-0.25, -0.2) is 0 Å². The molecule has 0 N–H and O–H groups in total. The zero-order valence-corrected chi connectivity index (χ0v) is 9.75. The van der Waals surface area contributed by atoms with Crippen LogP contribution in [0.1, 0.15) is 4.44 Å². The van der Waals surface area contributed by atoms with Gasteiger partial charge in [-0.15, -0.1) is 0 Å². The third-order valence-electron chi connectivity index (χ3n) is 2.06. The van der Waals surface area contributed by atoms with Crippen molar-refractivity contribution in [3.63, 3.8) is 0 Å². The summed E-state index contributed by atoms with van der Waals surface area (Å²) in [6, 6.07) is 7.44. The average molecular weight is 253 g/mol. The number of hydrogen-bond donors (Lipinski definition) is 0. The Balaban J connectivity index is 2.82. The molecule has 2 rings (SSSR count). The summed E-state index contributed by atoms with van der Waals surface area (Å²) in [5.74, 6) is 0.751. The number of aryl methyl sites for hydroxylation is 1.